The van der Waals surface area contributed by atoms with E-state index >= 15 is 0 Å². The van der Waals surface area contributed by atoms with Crippen LogP contribution in [0, 0.1) is 5.41 Å². The number of esters is 1. The number of carbonyl (C=O) groups excluding carboxylic acids is 1. The maximum absolute atomic E-state index is 11.3. The summed E-state index contributed by atoms with van der Waals surface area (Å²) in [6, 6.07) is 1.99. The first kappa shape index (κ1) is 11.7. The molecule has 0 bridgehead atoms. The quantitative estimate of drug-likeness (QED) is 0.612. The summed E-state index contributed by atoms with van der Waals surface area (Å²) >= 11 is 1.25. The van der Waals surface area contributed by atoms with Gasteiger partial charge >= 0.3 is 5.97 Å². The largest absolute Gasteiger partial charge is 0.465 e. The van der Waals surface area contributed by atoms with Crippen molar-refractivity contribution >= 4 is 29.2 Å². The Morgan fingerprint density at radius 3 is 2.80 bits per heavy atom. The van der Waals surface area contributed by atoms with Crippen molar-refractivity contribution in [1.29, 1.82) is 5.41 Å². The van der Waals surface area contributed by atoms with Gasteiger partial charge in [0, 0.05) is 12.3 Å². The molecule has 15 heavy (non-hydrogen) atoms. The molecule has 5 heteroatoms. The van der Waals surface area contributed by atoms with Gasteiger partial charge in [-0.25, -0.2) is 4.79 Å². The number of thiophene rings is 1. The fourth-order valence-corrected chi connectivity index (χ4v) is 2.00. The fraction of sp³-hybridized carbons (Fsp3) is 0.400. The van der Waals surface area contributed by atoms with Crippen LogP contribution in [-0.2, 0) is 4.74 Å². The predicted molar refractivity (Wildman–Crippen MR) is 62.3 cm³/mol. The average Bonchev–Trinajstić information content (AvgIpc) is 2.59. The highest BCUT2D eigenvalue weighted by molar-refractivity contribution is 7.16. The van der Waals surface area contributed by atoms with Crippen LogP contribution in [0.4, 0.5) is 5.69 Å². The Balaban J connectivity index is 3.00. The van der Waals surface area contributed by atoms with E-state index in [-0.39, 0.29) is 12.0 Å². The minimum atomic E-state index is -0.361. The number of nitrogens with one attached hydrogen (secondary N) is 2. The smallest absolute Gasteiger partial charge is 0.348 e. The third-order valence-corrected chi connectivity index (χ3v) is 2.78. The van der Waals surface area contributed by atoms with Crippen LogP contribution in [0.3, 0.4) is 0 Å². The number of rotatable bonds is 4. The zero-order valence-electron chi connectivity index (χ0n) is 8.96. The second kappa shape index (κ2) is 4.93. The van der Waals surface area contributed by atoms with Crippen LogP contribution in [0.2, 0.25) is 0 Å². The molecule has 0 aliphatic carbocycles. The van der Waals surface area contributed by atoms with Crippen molar-refractivity contribution in [1.82, 2.24) is 0 Å². The second-order valence-corrected chi connectivity index (χ2v) is 4.41. The van der Waals surface area contributed by atoms with E-state index in [4.69, 9.17) is 5.41 Å². The Labute approximate surface area is 92.8 Å². The Kier molecular flexibility index (Phi) is 3.85. The first-order chi connectivity index (χ1) is 7.08. The van der Waals surface area contributed by atoms with Crippen LogP contribution in [-0.4, -0.2) is 25.3 Å². The van der Waals surface area contributed by atoms with Gasteiger partial charge in [0.05, 0.1) is 17.7 Å². The fourth-order valence-electron chi connectivity index (χ4n) is 1.14. The van der Waals surface area contributed by atoms with Crippen molar-refractivity contribution in [3.05, 3.63) is 15.8 Å². The van der Waals surface area contributed by atoms with Gasteiger partial charge in [0.1, 0.15) is 4.88 Å². The highest BCUT2D eigenvalue weighted by atomic mass is 32.1. The molecule has 82 valence electrons. The molecule has 0 atom stereocenters. The lowest BCUT2D eigenvalue weighted by Crippen LogP contribution is -2.10. The lowest BCUT2D eigenvalue weighted by molar-refractivity contribution is 0.0606. The van der Waals surface area contributed by atoms with Gasteiger partial charge in [0.25, 0.3) is 0 Å². The molecule has 0 radical (unpaired) electrons. The summed E-state index contributed by atoms with van der Waals surface area (Å²) in [6.07, 6.45) is 1.24. The van der Waals surface area contributed by atoms with E-state index in [0.29, 0.717) is 4.88 Å². The average molecular weight is 226 g/mol. The number of carbonyl (C=O) groups is 1. The number of methoxy groups -OCH3 is 1. The van der Waals surface area contributed by atoms with Crippen molar-refractivity contribution in [2.24, 2.45) is 0 Å². The van der Waals surface area contributed by atoms with E-state index < -0.39 is 0 Å². The van der Waals surface area contributed by atoms with Crippen LogP contribution in [0.1, 0.15) is 28.4 Å². The van der Waals surface area contributed by atoms with Crippen molar-refractivity contribution in [3.63, 3.8) is 0 Å². The van der Waals surface area contributed by atoms with Gasteiger partial charge in [-0.1, -0.05) is 0 Å². The summed E-state index contributed by atoms with van der Waals surface area (Å²) in [5, 5.41) is 10.4. The Morgan fingerprint density at radius 2 is 2.33 bits per heavy atom. The van der Waals surface area contributed by atoms with Crippen molar-refractivity contribution in [2.45, 2.75) is 19.9 Å². The van der Waals surface area contributed by atoms with Crippen LogP contribution in [0.5, 0.6) is 0 Å². The summed E-state index contributed by atoms with van der Waals surface area (Å²) < 4.78 is 4.62. The van der Waals surface area contributed by atoms with Crippen LogP contribution < -0.4 is 5.32 Å². The maximum atomic E-state index is 11.3. The summed E-state index contributed by atoms with van der Waals surface area (Å²) in [5.41, 5.74) is 0.811. The highest BCUT2D eigenvalue weighted by Crippen LogP contribution is 2.26. The van der Waals surface area contributed by atoms with E-state index in [2.05, 4.69) is 10.1 Å². The van der Waals surface area contributed by atoms with Crippen LogP contribution in [0.15, 0.2) is 6.07 Å². The topological polar surface area (TPSA) is 62.2 Å². The van der Waals surface area contributed by atoms with E-state index in [1.165, 1.54) is 24.7 Å². The van der Waals surface area contributed by atoms with Gasteiger partial charge in [-0.2, -0.15) is 0 Å². The van der Waals surface area contributed by atoms with E-state index in [1.807, 2.05) is 13.8 Å². The van der Waals surface area contributed by atoms with Gasteiger partial charge < -0.3 is 15.5 Å². The van der Waals surface area contributed by atoms with Gasteiger partial charge in [-0.05, 0) is 19.9 Å². The monoisotopic (exact) mass is 226 g/mol. The molecule has 1 heterocycles. The molecular weight excluding hydrogens is 212 g/mol. The Bertz CT molecular complexity index is 371. The van der Waals surface area contributed by atoms with Gasteiger partial charge in [-0.3, -0.25) is 0 Å². The number of hydrogen-bond donors (Lipinski definition) is 2. The van der Waals surface area contributed by atoms with Crippen molar-refractivity contribution in [2.75, 3.05) is 12.4 Å². The minimum Gasteiger partial charge on any atom is -0.465 e. The molecular formula is C10H14N2O2S. The normalized spacial score (nSPS) is 10.1. The molecule has 1 aromatic rings. The number of ether oxygens (including phenoxy) is 1. The van der Waals surface area contributed by atoms with Crippen LogP contribution >= 0.6 is 11.3 Å². The maximum Gasteiger partial charge on any atom is 0.348 e. The first-order valence-corrected chi connectivity index (χ1v) is 5.39. The molecule has 0 saturated heterocycles. The summed E-state index contributed by atoms with van der Waals surface area (Å²) in [7, 11) is 1.35. The molecule has 4 nitrogen and oxygen atoms in total. The van der Waals surface area contributed by atoms with E-state index in [1.54, 1.807) is 6.07 Å². The van der Waals surface area contributed by atoms with Gasteiger partial charge in [-0.15, -0.1) is 11.3 Å². The molecule has 0 saturated carbocycles. The molecule has 1 aromatic heterocycles. The molecule has 0 aromatic carbocycles. The first-order valence-electron chi connectivity index (χ1n) is 4.57. The molecule has 2 N–H and O–H groups in total. The number of anilines is 1. The zero-order chi connectivity index (χ0) is 11.4. The third-order valence-electron chi connectivity index (χ3n) is 1.72. The zero-order valence-corrected chi connectivity index (χ0v) is 9.77. The molecule has 1 rings (SSSR count). The minimum absolute atomic E-state index is 0.267. The molecule has 0 unspecified atom stereocenters. The molecule has 0 aliphatic rings. The summed E-state index contributed by atoms with van der Waals surface area (Å²) in [5.74, 6) is -0.361. The molecule has 0 amide bonds. The van der Waals surface area contributed by atoms with E-state index in [0.717, 1.165) is 10.6 Å². The standard InChI is InChI=1S/C10H14N2O2S/c1-6(2)12-7-4-8(10(13)14-3)15-9(7)5-11/h4-6,11-12H,1-3H3. The molecule has 0 aliphatic heterocycles. The van der Waals surface area contributed by atoms with Gasteiger partial charge in [0.2, 0.25) is 0 Å². The van der Waals surface area contributed by atoms with Crippen molar-refractivity contribution in [3.8, 4) is 0 Å². The molecule has 0 spiro atoms. The lowest BCUT2D eigenvalue weighted by atomic mass is 10.3. The van der Waals surface area contributed by atoms with Crippen molar-refractivity contribution < 1.29 is 9.53 Å². The van der Waals surface area contributed by atoms with Gasteiger partial charge in [0.15, 0.2) is 0 Å². The van der Waals surface area contributed by atoms with Crippen LogP contribution in [0.25, 0.3) is 0 Å². The second-order valence-electron chi connectivity index (χ2n) is 3.32. The number of hydrogen-bond acceptors (Lipinski definition) is 5. The SMILES string of the molecule is COC(=O)c1cc(NC(C)C)c(C=N)s1. The van der Waals surface area contributed by atoms with E-state index in [9.17, 15) is 4.79 Å². The third kappa shape index (κ3) is 2.79. The summed E-state index contributed by atoms with van der Waals surface area (Å²) in [6.45, 7) is 4.01. The Morgan fingerprint density at radius 1 is 1.67 bits per heavy atom. The predicted octanol–water partition coefficient (Wildman–Crippen LogP) is 2.35. The summed E-state index contributed by atoms with van der Waals surface area (Å²) in [4.78, 5) is 12.5. The Hall–Kier alpha value is -1.36. The highest BCUT2D eigenvalue weighted by Gasteiger charge is 2.13. The lowest BCUT2D eigenvalue weighted by Gasteiger charge is -2.07. The molecule has 0 fully saturated rings.